The Morgan fingerprint density at radius 2 is 2.21 bits per heavy atom. The second-order valence-electron chi connectivity index (χ2n) is 7.92. The zero-order chi connectivity index (χ0) is 24.2. The summed E-state index contributed by atoms with van der Waals surface area (Å²) in [5, 5.41) is 3.62. The van der Waals surface area contributed by atoms with Crippen molar-refractivity contribution in [1.29, 1.82) is 0 Å². The van der Waals surface area contributed by atoms with Gasteiger partial charge in [0.05, 0.1) is 19.8 Å². The molecule has 0 bridgehead atoms. The third-order valence-corrected chi connectivity index (χ3v) is 6.64. The fraction of sp³-hybridized carbons (Fsp3) is 0.391. The molecule has 2 aromatic rings. The zero-order valence-corrected chi connectivity index (χ0v) is 20.3. The lowest BCUT2D eigenvalue weighted by molar-refractivity contribution is -0.123. The van der Waals surface area contributed by atoms with Crippen molar-refractivity contribution in [3.63, 3.8) is 0 Å². The summed E-state index contributed by atoms with van der Waals surface area (Å²) in [6.07, 6.45) is 0.971. The average Bonchev–Trinajstić information content (AvgIpc) is 3.41. The van der Waals surface area contributed by atoms with E-state index in [0.29, 0.717) is 41.2 Å². The molecular weight excluding hydrogens is 482 g/mol. The van der Waals surface area contributed by atoms with Gasteiger partial charge in [-0.25, -0.2) is 18.7 Å². The lowest BCUT2D eigenvalue weighted by Crippen LogP contribution is -2.37. The van der Waals surface area contributed by atoms with E-state index in [2.05, 4.69) is 15.3 Å². The van der Waals surface area contributed by atoms with Crippen molar-refractivity contribution in [3.05, 3.63) is 52.5 Å². The summed E-state index contributed by atoms with van der Waals surface area (Å²) in [4.78, 5) is 22.6. The molecule has 1 unspecified atom stereocenters. The first-order chi connectivity index (χ1) is 16.3. The van der Waals surface area contributed by atoms with E-state index in [1.807, 2.05) is 12.1 Å². The van der Waals surface area contributed by atoms with Crippen molar-refractivity contribution < 1.29 is 23.0 Å². The van der Waals surface area contributed by atoms with Gasteiger partial charge >= 0.3 is 0 Å². The molecule has 2 aliphatic heterocycles. The number of carbonyl (C=O) groups excluding carboxylic acids is 1. The van der Waals surface area contributed by atoms with E-state index in [-0.39, 0.29) is 22.9 Å². The number of alkyl halides is 2. The standard InChI is InChI=1S/C23H24F2N4O3S2/c1-13-8-17(20(24)25)27-22(26-13)34-12-15-9-14(5-6-19(15)31-2)10-18-21(30)29(23(33)28-18)11-16-4-3-7-32-16/h5-6,8-10,16,20H,3-4,7,11-12H2,1-2H3,(H,28,33)/b18-10+. The predicted octanol–water partition coefficient (Wildman–Crippen LogP) is 4.26. The number of rotatable bonds is 8. The number of hydrogen-bond donors (Lipinski definition) is 1. The van der Waals surface area contributed by atoms with E-state index in [1.165, 1.54) is 22.7 Å². The van der Waals surface area contributed by atoms with Gasteiger partial charge in [-0.2, -0.15) is 0 Å². The molecule has 34 heavy (non-hydrogen) atoms. The SMILES string of the molecule is COc1ccc(/C=C2/NC(=S)N(CC3CCCO3)C2=O)cc1CSc1nc(C)cc(C(F)F)n1. The molecule has 0 saturated carbocycles. The maximum Gasteiger partial charge on any atom is 0.280 e. The molecule has 1 aromatic heterocycles. The van der Waals surface area contributed by atoms with Crippen molar-refractivity contribution in [1.82, 2.24) is 20.2 Å². The highest BCUT2D eigenvalue weighted by Crippen LogP contribution is 2.29. The number of carbonyl (C=O) groups is 1. The van der Waals surface area contributed by atoms with Crippen molar-refractivity contribution in [2.24, 2.45) is 0 Å². The van der Waals surface area contributed by atoms with Gasteiger partial charge in [0.2, 0.25) is 0 Å². The lowest BCUT2D eigenvalue weighted by Gasteiger charge is -2.18. The number of nitrogens with zero attached hydrogens (tertiary/aromatic N) is 3. The van der Waals surface area contributed by atoms with Gasteiger partial charge in [0.25, 0.3) is 12.3 Å². The molecule has 2 fully saturated rings. The normalized spacial score (nSPS) is 19.4. The molecule has 4 rings (SSSR count). The maximum atomic E-state index is 13.1. The Morgan fingerprint density at radius 1 is 1.38 bits per heavy atom. The number of halogens is 2. The highest BCUT2D eigenvalue weighted by atomic mass is 32.2. The monoisotopic (exact) mass is 506 g/mol. The minimum atomic E-state index is -2.66. The van der Waals surface area contributed by atoms with E-state index >= 15 is 0 Å². The van der Waals surface area contributed by atoms with Crippen LogP contribution in [0.2, 0.25) is 0 Å². The Balaban J connectivity index is 1.50. The number of nitrogens with one attached hydrogen (secondary N) is 1. The number of hydrogen-bond acceptors (Lipinski definition) is 7. The van der Waals surface area contributed by atoms with Crippen LogP contribution in [0.5, 0.6) is 5.75 Å². The Labute approximate surface area is 205 Å². The van der Waals surface area contributed by atoms with E-state index < -0.39 is 6.43 Å². The molecule has 0 spiro atoms. The van der Waals surface area contributed by atoms with E-state index in [1.54, 1.807) is 26.2 Å². The number of thioether (sulfide) groups is 1. The van der Waals surface area contributed by atoms with Gasteiger partial charge in [0.15, 0.2) is 10.3 Å². The summed E-state index contributed by atoms with van der Waals surface area (Å²) < 4.78 is 37.2. The van der Waals surface area contributed by atoms with Gasteiger partial charge in [0.1, 0.15) is 17.1 Å². The molecule has 2 aliphatic rings. The largest absolute Gasteiger partial charge is 0.496 e. The number of methoxy groups -OCH3 is 1. The summed E-state index contributed by atoms with van der Waals surface area (Å²) in [6.45, 7) is 2.80. The minimum Gasteiger partial charge on any atom is -0.496 e. The molecule has 1 atom stereocenters. The third kappa shape index (κ3) is 5.70. The van der Waals surface area contributed by atoms with Crippen LogP contribution in [0.15, 0.2) is 35.1 Å². The van der Waals surface area contributed by atoms with Gasteiger partial charge in [-0.3, -0.25) is 9.69 Å². The summed E-state index contributed by atoms with van der Waals surface area (Å²) in [7, 11) is 1.56. The molecule has 3 heterocycles. The van der Waals surface area contributed by atoms with Crippen LogP contribution in [0.1, 0.15) is 41.8 Å². The molecule has 1 N–H and O–H groups in total. The van der Waals surface area contributed by atoms with Crippen molar-refractivity contribution in [3.8, 4) is 5.75 Å². The van der Waals surface area contributed by atoms with Crippen molar-refractivity contribution in [2.45, 2.75) is 43.2 Å². The first-order valence-corrected chi connectivity index (χ1v) is 12.1. The number of amides is 1. The van der Waals surface area contributed by atoms with Crippen LogP contribution in [0, 0.1) is 6.92 Å². The molecule has 0 radical (unpaired) electrons. The Kier molecular flexibility index (Phi) is 7.74. The van der Waals surface area contributed by atoms with Crippen molar-refractivity contribution in [2.75, 3.05) is 20.3 Å². The van der Waals surface area contributed by atoms with Crippen LogP contribution in [0.3, 0.4) is 0 Å². The first-order valence-electron chi connectivity index (χ1n) is 10.7. The summed E-state index contributed by atoms with van der Waals surface area (Å²) in [5.41, 5.74) is 2.15. The summed E-state index contributed by atoms with van der Waals surface area (Å²) >= 11 is 6.59. The summed E-state index contributed by atoms with van der Waals surface area (Å²) in [5.74, 6) is 0.842. The number of aromatic nitrogens is 2. The Morgan fingerprint density at radius 3 is 2.91 bits per heavy atom. The van der Waals surface area contributed by atoms with Gasteiger partial charge in [-0.15, -0.1) is 0 Å². The highest BCUT2D eigenvalue weighted by Gasteiger charge is 2.33. The van der Waals surface area contributed by atoms with Gasteiger partial charge < -0.3 is 14.8 Å². The lowest BCUT2D eigenvalue weighted by atomic mass is 10.1. The molecular formula is C23H24F2N4O3S2. The topological polar surface area (TPSA) is 76.6 Å². The predicted molar refractivity (Wildman–Crippen MR) is 129 cm³/mol. The molecule has 1 amide bonds. The van der Waals surface area contributed by atoms with E-state index in [0.717, 1.165) is 24.0 Å². The fourth-order valence-electron chi connectivity index (χ4n) is 3.78. The van der Waals surface area contributed by atoms with Crippen molar-refractivity contribution >= 4 is 41.1 Å². The molecule has 11 heteroatoms. The van der Waals surface area contributed by atoms with Gasteiger partial charge in [-0.05, 0) is 61.8 Å². The molecule has 0 aliphatic carbocycles. The molecule has 2 saturated heterocycles. The van der Waals surface area contributed by atoms with E-state index in [4.69, 9.17) is 21.7 Å². The van der Waals surface area contributed by atoms with Crippen LogP contribution in [0.4, 0.5) is 8.78 Å². The maximum absolute atomic E-state index is 13.1. The number of benzene rings is 1. The second-order valence-corrected chi connectivity index (χ2v) is 9.25. The zero-order valence-electron chi connectivity index (χ0n) is 18.7. The molecule has 180 valence electrons. The van der Waals surface area contributed by atoms with Crippen LogP contribution >= 0.6 is 24.0 Å². The number of ether oxygens (including phenoxy) is 2. The van der Waals surface area contributed by atoms with E-state index in [9.17, 15) is 13.6 Å². The van der Waals surface area contributed by atoms with Crippen LogP contribution < -0.4 is 10.1 Å². The molecule has 1 aromatic carbocycles. The van der Waals surface area contributed by atoms with Crippen LogP contribution in [0.25, 0.3) is 6.08 Å². The number of thiocarbonyl (C=S) groups is 1. The van der Waals surface area contributed by atoms with Crippen LogP contribution in [-0.4, -0.2) is 52.3 Å². The molecule has 7 nitrogen and oxygen atoms in total. The smallest absolute Gasteiger partial charge is 0.280 e. The Hall–Kier alpha value is -2.63. The number of aryl methyl sites for hydroxylation is 1. The quantitative estimate of drug-likeness (QED) is 0.246. The van der Waals surface area contributed by atoms with Gasteiger partial charge in [0, 0.05) is 23.6 Å². The summed E-state index contributed by atoms with van der Waals surface area (Å²) in [6, 6.07) is 6.79. The minimum absolute atomic E-state index is 0.00194. The fourth-order valence-corrected chi connectivity index (χ4v) is 4.94. The third-order valence-electron chi connectivity index (χ3n) is 5.42. The second kappa shape index (κ2) is 10.7. The van der Waals surface area contributed by atoms with Gasteiger partial charge in [-0.1, -0.05) is 17.8 Å². The average molecular weight is 507 g/mol. The first kappa shape index (κ1) is 24.5. The highest BCUT2D eigenvalue weighted by molar-refractivity contribution is 7.98. The Bertz CT molecular complexity index is 1120. The van der Waals surface area contributed by atoms with Crippen LogP contribution in [-0.2, 0) is 15.3 Å².